The standard InChI is InChI=1S/C20H20N2O5S/c1-2-27-13-7-9-14(10-8-13)28(25,26)22-12-18-16(11-19(22)20(23)24)15-5-3-4-6-17(15)21-18/h3-10,19,21H,2,11-12H2,1H3,(H,23,24). The number of fused-ring (bicyclic) bond motifs is 3. The number of sulfonamides is 1. The summed E-state index contributed by atoms with van der Waals surface area (Å²) in [5.41, 5.74) is 2.46. The number of hydrogen-bond acceptors (Lipinski definition) is 4. The molecule has 0 amide bonds. The zero-order valence-corrected chi connectivity index (χ0v) is 16.1. The molecule has 8 heteroatoms. The molecule has 7 nitrogen and oxygen atoms in total. The third kappa shape index (κ3) is 3.04. The van der Waals surface area contributed by atoms with Gasteiger partial charge in [0.2, 0.25) is 10.0 Å². The van der Waals surface area contributed by atoms with Gasteiger partial charge in [-0.05, 0) is 42.8 Å². The van der Waals surface area contributed by atoms with Crippen molar-refractivity contribution >= 4 is 26.9 Å². The predicted octanol–water partition coefficient (Wildman–Crippen LogP) is 2.77. The number of nitrogens with zero attached hydrogens (tertiary/aromatic N) is 1. The van der Waals surface area contributed by atoms with E-state index in [-0.39, 0.29) is 17.9 Å². The van der Waals surface area contributed by atoms with E-state index in [1.807, 2.05) is 31.2 Å². The number of carbonyl (C=O) groups is 1. The van der Waals surface area contributed by atoms with E-state index in [9.17, 15) is 18.3 Å². The highest BCUT2D eigenvalue weighted by atomic mass is 32.2. The maximum atomic E-state index is 13.2. The Bertz CT molecular complexity index is 1140. The molecule has 1 aromatic heterocycles. The summed E-state index contributed by atoms with van der Waals surface area (Å²) in [7, 11) is -3.99. The highest BCUT2D eigenvalue weighted by Crippen LogP contribution is 2.33. The maximum absolute atomic E-state index is 13.2. The molecule has 2 N–H and O–H groups in total. The van der Waals surface area contributed by atoms with Crippen LogP contribution >= 0.6 is 0 Å². The molecule has 0 radical (unpaired) electrons. The SMILES string of the molecule is CCOc1ccc(S(=O)(=O)N2Cc3[nH]c4ccccc4c3CC2C(=O)O)cc1. The monoisotopic (exact) mass is 400 g/mol. The zero-order valence-electron chi connectivity index (χ0n) is 15.3. The minimum Gasteiger partial charge on any atom is -0.494 e. The number of aliphatic carboxylic acids is 1. The number of benzene rings is 2. The molecular formula is C20H20N2O5S. The van der Waals surface area contributed by atoms with Crippen LogP contribution in [0, 0.1) is 0 Å². The molecule has 146 valence electrons. The third-order valence-corrected chi connectivity index (χ3v) is 6.86. The number of para-hydroxylation sites is 1. The van der Waals surface area contributed by atoms with Crippen molar-refractivity contribution in [1.29, 1.82) is 0 Å². The molecule has 1 aliphatic heterocycles. The molecular weight excluding hydrogens is 380 g/mol. The van der Waals surface area contributed by atoms with Crippen molar-refractivity contribution in [3.05, 3.63) is 59.8 Å². The van der Waals surface area contributed by atoms with Crippen molar-refractivity contribution in [3.63, 3.8) is 0 Å². The molecule has 0 saturated carbocycles. The van der Waals surface area contributed by atoms with E-state index in [4.69, 9.17) is 4.74 Å². The van der Waals surface area contributed by atoms with E-state index >= 15 is 0 Å². The molecule has 1 atom stereocenters. The van der Waals surface area contributed by atoms with Crippen LogP contribution in [0.25, 0.3) is 10.9 Å². The predicted molar refractivity (Wildman–Crippen MR) is 104 cm³/mol. The lowest BCUT2D eigenvalue weighted by Crippen LogP contribution is -2.48. The summed E-state index contributed by atoms with van der Waals surface area (Å²) < 4.78 is 32.8. The molecule has 1 unspecified atom stereocenters. The summed E-state index contributed by atoms with van der Waals surface area (Å²) in [5, 5.41) is 10.7. The van der Waals surface area contributed by atoms with Gasteiger partial charge in [0.25, 0.3) is 0 Å². The summed E-state index contributed by atoms with van der Waals surface area (Å²) >= 11 is 0. The minimum absolute atomic E-state index is 0.0173. The van der Waals surface area contributed by atoms with Gasteiger partial charge in [0.15, 0.2) is 0 Å². The number of nitrogens with one attached hydrogen (secondary N) is 1. The van der Waals surface area contributed by atoms with E-state index in [0.717, 1.165) is 26.5 Å². The Morgan fingerprint density at radius 1 is 1.21 bits per heavy atom. The van der Waals surface area contributed by atoms with Crippen LogP contribution in [0.5, 0.6) is 5.75 Å². The maximum Gasteiger partial charge on any atom is 0.322 e. The van der Waals surface area contributed by atoms with Gasteiger partial charge in [0.1, 0.15) is 11.8 Å². The van der Waals surface area contributed by atoms with Crippen LogP contribution in [0.3, 0.4) is 0 Å². The summed E-state index contributed by atoms with van der Waals surface area (Å²) in [6.07, 6.45) is 0.116. The average molecular weight is 400 g/mol. The Morgan fingerprint density at radius 2 is 1.93 bits per heavy atom. The lowest BCUT2D eigenvalue weighted by molar-refractivity contribution is -0.141. The molecule has 4 rings (SSSR count). The van der Waals surface area contributed by atoms with Crippen LogP contribution < -0.4 is 4.74 Å². The fraction of sp³-hybridized carbons (Fsp3) is 0.250. The molecule has 28 heavy (non-hydrogen) atoms. The smallest absolute Gasteiger partial charge is 0.322 e. The van der Waals surface area contributed by atoms with Crippen LogP contribution in [-0.4, -0.2) is 41.4 Å². The van der Waals surface area contributed by atoms with E-state index < -0.39 is 22.0 Å². The molecule has 0 fully saturated rings. The largest absolute Gasteiger partial charge is 0.494 e. The van der Waals surface area contributed by atoms with Crippen LogP contribution in [0.2, 0.25) is 0 Å². The molecule has 0 saturated heterocycles. The van der Waals surface area contributed by atoms with Gasteiger partial charge < -0.3 is 14.8 Å². The lowest BCUT2D eigenvalue weighted by Gasteiger charge is -2.32. The summed E-state index contributed by atoms with van der Waals surface area (Å²) in [4.78, 5) is 15.2. The van der Waals surface area contributed by atoms with E-state index in [2.05, 4.69) is 4.98 Å². The van der Waals surface area contributed by atoms with Gasteiger partial charge in [-0.2, -0.15) is 4.31 Å². The van der Waals surface area contributed by atoms with Crippen molar-refractivity contribution < 1.29 is 23.1 Å². The van der Waals surface area contributed by atoms with Crippen molar-refractivity contribution in [2.24, 2.45) is 0 Å². The zero-order chi connectivity index (χ0) is 19.9. The lowest BCUT2D eigenvalue weighted by atomic mass is 9.99. The first kappa shape index (κ1) is 18.5. The van der Waals surface area contributed by atoms with Crippen molar-refractivity contribution in [1.82, 2.24) is 9.29 Å². The number of aromatic amines is 1. The van der Waals surface area contributed by atoms with E-state index in [1.165, 1.54) is 12.1 Å². The highest BCUT2D eigenvalue weighted by molar-refractivity contribution is 7.89. The van der Waals surface area contributed by atoms with Gasteiger partial charge in [-0.15, -0.1) is 0 Å². The summed E-state index contributed by atoms with van der Waals surface area (Å²) in [6, 6.07) is 12.5. The van der Waals surface area contributed by atoms with Crippen LogP contribution in [0.15, 0.2) is 53.4 Å². The fourth-order valence-corrected chi connectivity index (χ4v) is 5.21. The molecule has 2 aromatic carbocycles. The molecule has 0 bridgehead atoms. The van der Waals surface area contributed by atoms with Gasteiger partial charge in [0, 0.05) is 23.0 Å². The van der Waals surface area contributed by atoms with Crippen LogP contribution in [0.4, 0.5) is 0 Å². The van der Waals surface area contributed by atoms with Gasteiger partial charge in [-0.1, -0.05) is 18.2 Å². The normalized spacial score (nSPS) is 17.4. The van der Waals surface area contributed by atoms with E-state index in [0.29, 0.717) is 12.4 Å². The first-order valence-corrected chi connectivity index (χ1v) is 10.4. The molecule has 0 aliphatic carbocycles. The Kier molecular flexibility index (Phi) is 4.60. The number of hydrogen-bond donors (Lipinski definition) is 2. The second kappa shape index (κ2) is 6.96. The third-order valence-electron chi connectivity index (χ3n) is 4.99. The van der Waals surface area contributed by atoms with Gasteiger partial charge in [0.05, 0.1) is 18.0 Å². The van der Waals surface area contributed by atoms with Crippen molar-refractivity contribution in [3.8, 4) is 5.75 Å². The first-order chi connectivity index (χ1) is 13.4. The second-order valence-corrected chi connectivity index (χ2v) is 8.53. The average Bonchev–Trinajstić information content (AvgIpc) is 3.05. The second-order valence-electron chi connectivity index (χ2n) is 6.64. The van der Waals surface area contributed by atoms with E-state index in [1.54, 1.807) is 12.1 Å². The number of carboxylic acid groups (broad SMARTS) is 1. The van der Waals surface area contributed by atoms with Crippen molar-refractivity contribution in [2.75, 3.05) is 6.61 Å². The Morgan fingerprint density at radius 3 is 2.61 bits per heavy atom. The number of carboxylic acids is 1. The molecule has 0 spiro atoms. The van der Waals surface area contributed by atoms with Crippen LogP contribution in [0.1, 0.15) is 18.2 Å². The number of aromatic nitrogens is 1. The highest BCUT2D eigenvalue weighted by Gasteiger charge is 2.41. The first-order valence-electron chi connectivity index (χ1n) is 8.97. The Hall–Kier alpha value is -2.84. The Labute approximate surface area is 162 Å². The molecule has 1 aliphatic rings. The van der Waals surface area contributed by atoms with Gasteiger partial charge in [-0.3, -0.25) is 4.79 Å². The molecule has 3 aromatic rings. The Balaban J connectivity index is 1.75. The minimum atomic E-state index is -3.99. The summed E-state index contributed by atoms with van der Waals surface area (Å²) in [6.45, 7) is 2.30. The van der Waals surface area contributed by atoms with Gasteiger partial charge in [-0.25, -0.2) is 8.42 Å². The molecule has 2 heterocycles. The quantitative estimate of drug-likeness (QED) is 0.686. The number of H-pyrrole nitrogens is 1. The van der Waals surface area contributed by atoms with Crippen molar-refractivity contribution in [2.45, 2.75) is 30.8 Å². The van der Waals surface area contributed by atoms with Crippen LogP contribution in [-0.2, 0) is 27.8 Å². The number of rotatable bonds is 5. The topological polar surface area (TPSA) is 99.7 Å². The van der Waals surface area contributed by atoms with Gasteiger partial charge >= 0.3 is 5.97 Å². The number of ether oxygens (including phenoxy) is 1. The summed E-state index contributed by atoms with van der Waals surface area (Å²) in [5.74, 6) is -0.599. The fourth-order valence-electron chi connectivity index (χ4n) is 3.66.